The standard InChI is InChI=1S/C22H21N3O2S/c1-15(22(27)25-14-20(26)24-17-10-5-6-11-18(17)25)23-21(19-12-7-13-28-19)16-8-3-2-4-9-16/h2-13,15,21,23H,14H2,1H3,(H,24,26)/t15-,21+/m1/s1. The van der Waals surface area contributed by atoms with Crippen LogP contribution in [0.25, 0.3) is 0 Å². The van der Waals surface area contributed by atoms with Gasteiger partial charge in [-0.25, -0.2) is 0 Å². The Morgan fingerprint density at radius 2 is 1.82 bits per heavy atom. The lowest BCUT2D eigenvalue weighted by atomic mass is 10.0. The Balaban J connectivity index is 1.59. The molecule has 1 aliphatic heterocycles. The smallest absolute Gasteiger partial charge is 0.244 e. The van der Waals surface area contributed by atoms with E-state index in [1.54, 1.807) is 16.2 Å². The Morgan fingerprint density at radius 1 is 1.07 bits per heavy atom. The molecule has 0 radical (unpaired) electrons. The molecule has 0 bridgehead atoms. The van der Waals surface area contributed by atoms with Crippen LogP contribution in [-0.2, 0) is 9.59 Å². The molecule has 1 aromatic heterocycles. The van der Waals surface area contributed by atoms with Crippen LogP contribution in [0.1, 0.15) is 23.4 Å². The van der Waals surface area contributed by atoms with Crippen molar-refractivity contribution in [3.05, 3.63) is 82.6 Å². The molecule has 2 amide bonds. The summed E-state index contributed by atoms with van der Waals surface area (Å²) in [5, 5.41) is 8.32. The number of fused-ring (bicyclic) bond motifs is 1. The van der Waals surface area contributed by atoms with Gasteiger partial charge < -0.3 is 5.32 Å². The summed E-state index contributed by atoms with van der Waals surface area (Å²) in [7, 11) is 0. The molecule has 2 aromatic carbocycles. The molecule has 1 aliphatic rings. The van der Waals surface area contributed by atoms with Crippen LogP contribution in [0.15, 0.2) is 72.1 Å². The third kappa shape index (κ3) is 3.69. The van der Waals surface area contributed by atoms with E-state index in [1.165, 1.54) is 0 Å². The van der Waals surface area contributed by atoms with Crippen molar-refractivity contribution >= 4 is 34.5 Å². The maximum atomic E-state index is 13.2. The van der Waals surface area contributed by atoms with E-state index in [1.807, 2.05) is 60.8 Å². The van der Waals surface area contributed by atoms with Crippen molar-refractivity contribution in [2.24, 2.45) is 0 Å². The Kier molecular flexibility index (Phi) is 5.23. The average molecular weight is 391 g/mol. The van der Waals surface area contributed by atoms with Crippen LogP contribution in [-0.4, -0.2) is 24.4 Å². The molecule has 142 valence electrons. The van der Waals surface area contributed by atoms with Gasteiger partial charge in [-0.15, -0.1) is 11.3 Å². The molecule has 6 heteroatoms. The van der Waals surface area contributed by atoms with Crippen LogP contribution in [0.4, 0.5) is 11.4 Å². The van der Waals surface area contributed by atoms with Crippen LogP contribution in [0.2, 0.25) is 0 Å². The number of thiophene rings is 1. The van der Waals surface area contributed by atoms with Gasteiger partial charge in [-0.2, -0.15) is 0 Å². The summed E-state index contributed by atoms with van der Waals surface area (Å²) in [6.45, 7) is 1.87. The topological polar surface area (TPSA) is 61.4 Å². The highest BCUT2D eigenvalue weighted by atomic mass is 32.1. The number of rotatable bonds is 5. The van der Waals surface area contributed by atoms with Crippen molar-refractivity contribution in [1.82, 2.24) is 5.32 Å². The second-order valence-corrected chi connectivity index (χ2v) is 7.72. The van der Waals surface area contributed by atoms with Gasteiger partial charge in [-0.05, 0) is 36.1 Å². The van der Waals surface area contributed by atoms with Crippen LogP contribution in [0.5, 0.6) is 0 Å². The number of para-hydroxylation sites is 2. The van der Waals surface area contributed by atoms with Crippen molar-refractivity contribution < 1.29 is 9.59 Å². The normalized spacial score (nSPS) is 15.5. The van der Waals surface area contributed by atoms with Crippen molar-refractivity contribution in [1.29, 1.82) is 0 Å². The molecule has 0 aliphatic carbocycles. The van der Waals surface area contributed by atoms with Crippen LogP contribution in [0.3, 0.4) is 0 Å². The van der Waals surface area contributed by atoms with Gasteiger partial charge >= 0.3 is 0 Å². The highest BCUT2D eigenvalue weighted by Gasteiger charge is 2.31. The largest absolute Gasteiger partial charge is 0.323 e. The maximum Gasteiger partial charge on any atom is 0.244 e. The zero-order chi connectivity index (χ0) is 19.5. The lowest BCUT2D eigenvalue weighted by Gasteiger charge is -2.32. The highest BCUT2D eigenvalue weighted by Crippen LogP contribution is 2.30. The Hall–Kier alpha value is -2.96. The lowest BCUT2D eigenvalue weighted by molar-refractivity contribution is -0.123. The number of carbonyl (C=O) groups is 2. The van der Waals surface area contributed by atoms with E-state index in [0.29, 0.717) is 5.69 Å². The summed E-state index contributed by atoms with van der Waals surface area (Å²) in [5.74, 6) is -0.308. The average Bonchev–Trinajstić information content (AvgIpc) is 3.25. The van der Waals surface area contributed by atoms with Gasteiger partial charge in [0.25, 0.3) is 0 Å². The molecule has 28 heavy (non-hydrogen) atoms. The highest BCUT2D eigenvalue weighted by molar-refractivity contribution is 7.10. The van der Waals surface area contributed by atoms with Crippen molar-refractivity contribution in [3.8, 4) is 0 Å². The first kappa shape index (κ1) is 18.4. The quantitative estimate of drug-likeness (QED) is 0.695. The lowest BCUT2D eigenvalue weighted by Crippen LogP contribution is -2.50. The Bertz CT molecular complexity index is 972. The minimum Gasteiger partial charge on any atom is -0.323 e. The Labute approximate surface area is 168 Å². The predicted octanol–water partition coefficient (Wildman–Crippen LogP) is 3.80. The van der Waals surface area contributed by atoms with Crippen molar-refractivity contribution in [2.75, 3.05) is 16.8 Å². The molecule has 0 fully saturated rings. The molecular formula is C22H21N3O2S. The van der Waals surface area contributed by atoms with Gasteiger partial charge in [0, 0.05) is 4.88 Å². The number of benzene rings is 2. The second-order valence-electron chi connectivity index (χ2n) is 6.74. The SMILES string of the molecule is C[C@@H](N[C@@H](c1ccccc1)c1cccs1)C(=O)N1CC(=O)Nc2ccccc21. The molecule has 2 N–H and O–H groups in total. The number of carbonyl (C=O) groups excluding carboxylic acids is 2. The fourth-order valence-corrected chi connectivity index (χ4v) is 4.24. The van der Waals surface area contributed by atoms with Crippen LogP contribution < -0.4 is 15.5 Å². The minimum atomic E-state index is -0.466. The first-order valence-electron chi connectivity index (χ1n) is 9.18. The maximum absolute atomic E-state index is 13.2. The van der Waals surface area contributed by atoms with Crippen LogP contribution >= 0.6 is 11.3 Å². The predicted molar refractivity (Wildman–Crippen MR) is 113 cm³/mol. The summed E-state index contributed by atoms with van der Waals surface area (Å²) < 4.78 is 0. The number of hydrogen-bond acceptors (Lipinski definition) is 4. The van der Waals surface area contributed by atoms with Crippen molar-refractivity contribution in [3.63, 3.8) is 0 Å². The van der Waals surface area contributed by atoms with Crippen LogP contribution in [0, 0.1) is 0 Å². The fraction of sp³-hybridized carbons (Fsp3) is 0.182. The molecule has 0 saturated carbocycles. The molecule has 0 unspecified atom stereocenters. The van der Waals surface area contributed by atoms with E-state index in [0.717, 1.165) is 16.1 Å². The van der Waals surface area contributed by atoms with E-state index in [2.05, 4.69) is 28.8 Å². The molecule has 2 atom stereocenters. The number of anilines is 2. The van der Waals surface area contributed by atoms with E-state index < -0.39 is 6.04 Å². The zero-order valence-corrected chi connectivity index (χ0v) is 16.3. The van der Waals surface area contributed by atoms with E-state index in [-0.39, 0.29) is 24.4 Å². The van der Waals surface area contributed by atoms with Gasteiger partial charge in [-0.1, -0.05) is 48.5 Å². The first-order valence-corrected chi connectivity index (χ1v) is 10.1. The van der Waals surface area contributed by atoms with Crippen molar-refractivity contribution in [2.45, 2.75) is 19.0 Å². The van der Waals surface area contributed by atoms with Gasteiger partial charge in [0.2, 0.25) is 11.8 Å². The third-order valence-electron chi connectivity index (χ3n) is 4.78. The number of nitrogens with zero attached hydrogens (tertiary/aromatic N) is 1. The molecular weight excluding hydrogens is 370 g/mol. The van der Waals surface area contributed by atoms with Gasteiger partial charge in [0.15, 0.2) is 0 Å². The molecule has 4 rings (SSSR count). The summed E-state index contributed by atoms with van der Waals surface area (Å²) in [5.41, 5.74) is 2.49. The molecule has 5 nitrogen and oxygen atoms in total. The Morgan fingerprint density at radius 3 is 2.57 bits per heavy atom. The number of hydrogen-bond donors (Lipinski definition) is 2. The third-order valence-corrected chi connectivity index (χ3v) is 5.72. The summed E-state index contributed by atoms with van der Waals surface area (Å²) >= 11 is 1.65. The van der Waals surface area contributed by atoms with E-state index in [4.69, 9.17) is 0 Å². The molecule has 0 spiro atoms. The molecule has 2 heterocycles. The van der Waals surface area contributed by atoms with Gasteiger partial charge in [0.05, 0.1) is 23.5 Å². The molecule has 3 aromatic rings. The summed E-state index contributed by atoms with van der Waals surface area (Å²) in [6.07, 6.45) is 0. The monoisotopic (exact) mass is 391 g/mol. The van der Waals surface area contributed by atoms with E-state index >= 15 is 0 Å². The number of nitrogens with one attached hydrogen (secondary N) is 2. The summed E-state index contributed by atoms with van der Waals surface area (Å²) in [6, 6.07) is 21.0. The number of amides is 2. The zero-order valence-electron chi connectivity index (χ0n) is 15.5. The van der Waals surface area contributed by atoms with Gasteiger partial charge in [-0.3, -0.25) is 19.8 Å². The second kappa shape index (κ2) is 7.96. The minimum absolute atomic E-state index is 0.0247. The summed E-state index contributed by atoms with van der Waals surface area (Å²) in [4.78, 5) is 28.0. The fourth-order valence-electron chi connectivity index (χ4n) is 3.43. The van der Waals surface area contributed by atoms with Gasteiger partial charge in [0.1, 0.15) is 6.54 Å². The van der Waals surface area contributed by atoms with E-state index in [9.17, 15) is 9.59 Å². The molecule has 0 saturated heterocycles. The first-order chi connectivity index (χ1) is 13.6.